The van der Waals surface area contributed by atoms with Gasteiger partial charge in [0.15, 0.2) is 0 Å². The average Bonchev–Trinajstić information content (AvgIpc) is 2.98. The van der Waals surface area contributed by atoms with Gasteiger partial charge < -0.3 is 20.1 Å². The molecule has 6 heteroatoms. The van der Waals surface area contributed by atoms with Gasteiger partial charge in [0.2, 0.25) is 0 Å². The molecule has 142 valence electrons. The molecule has 27 heavy (non-hydrogen) atoms. The number of carbonyl (C=O) groups excluding carboxylic acids is 1. The zero-order valence-corrected chi connectivity index (χ0v) is 17.7. The normalized spacial score (nSPS) is 13.6. The minimum absolute atomic E-state index is 0.0525. The number of rotatable bonds is 6. The van der Waals surface area contributed by atoms with Gasteiger partial charge in [-0.05, 0) is 73.2 Å². The van der Waals surface area contributed by atoms with Crippen molar-refractivity contribution >= 4 is 39.4 Å². The van der Waals surface area contributed by atoms with Crippen LogP contribution in [0.3, 0.4) is 0 Å². The fourth-order valence-electron chi connectivity index (χ4n) is 3.04. The van der Waals surface area contributed by atoms with Crippen LogP contribution >= 0.6 is 22.6 Å². The van der Waals surface area contributed by atoms with Gasteiger partial charge in [0.25, 0.3) is 5.91 Å². The van der Waals surface area contributed by atoms with Gasteiger partial charge in [0.05, 0.1) is 11.7 Å². The number of aromatic nitrogens is 1. The van der Waals surface area contributed by atoms with E-state index in [2.05, 4.69) is 32.9 Å². The van der Waals surface area contributed by atoms with E-state index in [0.29, 0.717) is 11.3 Å². The second-order valence-corrected chi connectivity index (χ2v) is 8.32. The van der Waals surface area contributed by atoms with Crippen LogP contribution in [0.2, 0.25) is 0 Å². The number of benzene rings is 2. The highest BCUT2D eigenvalue weighted by molar-refractivity contribution is 14.1. The van der Waals surface area contributed by atoms with Gasteiger partial charge in [-0.3, -0.25) is 4.79 Å². The van der Waals surface area contributed by atoms with Crippen molar-refractivity contribution < 1.29 is 14.6 Å². The molecule has 1 atom stereocenters. The lowest BCUT2D eigenvalue weighted by atomic mass is 10.0. The lowest BCUT2D eigenvalue weighted by Gasteiger charge is -2.25. The first-order chi connectivity index (χ1) is 12.7. The van der Waals surface area contributed by atoms with Crippen LogP contribution in [0.5, 0.6) is 5.75 Å². The Labute approximate surface area is 172 Å². The summed E-state index contributed by atoms with van der Waals surface area (Å²) in [5, 5.41) is 14.6. The summed E-state index contributed by atoms with van der Waals surface area (Å²) in [4.78, 5) is 16.0. The van der Waals surface area contributed by atoms with E-state index in [9.17, 15) is 9.90 Å². The van der Waals surface area contributed by atoms with Gasteiger partial charge in [-0.1, -0.05) is 18.2 Å². The number of H-pyrrole nitrogens is 1. The molecule has 2 aromatic carbocycles. The van der Waals surface area contributed by atoms with Crippen molar-refractivity contribution in [3.05, 3.63) is 63.4 Å². The first kappa shape index (κ1) is 19.7. The summed E-state index contributed by atoms with van der Waals surface area (Å²) in [5.41, 5.74) is 0.949. The number of aliphatic hydroxyl groups is 1. The Bertz CT molecular complexity index is 963. The number of ether oxygens (including phenoxy) is 1. The maximum atomic E-state index is 12.8. The molecular weight excluding hydrogens is 455 g/mol. The molecule has 1 amide bonds. The molecule has 0 spiro atoms. The Kier molecular flexibility index (Phi) is 5.76. The van der Waals surface area contributed by atoms with Crippen molar-refractivity contribution in [3.63, 3.8) is 0 Å². The summed E-state index contributed by atoms with van der Waals surface area (Å²) >= 11 is 2.15. The smallest absolute Gasteiger partial charge is 0.257 e. The highest BCUT2D eigenvalue weighted by Crippen LogP contribution is 2.25. The van der Waals surface area contributed by atoms with E-state index in [0.717, 1.165) is 20.0 Å². The number of amides is 1. The number of fused-ring (bicyclic) bond motifs is 1. The molecule has 1 aromatic heterocycles. The molecule has 0 bridgehead atoms. The molecule has 0 unspecified atom stereocenters. The summed E-state index contributed by atoms with van der Waals surface area (Å²) in [6, 6.07) is 13.3. The first-order valence-corrected chi connectivity index (χ1v) is 9.89. The molecule has 0 aliphatic carbocycles. The molecule has 3 N–H and O–H groups in total. The number of hydrogen-bond donors (Lipinski definition) is 3. The van der Waals surface area contributed by atoms with Gasteiger partial charge >= 0.3 is 0 Å². The van der Waals surface area contributed by atoms with Gasteiger partial charge in [-0.15, -0.1) is 0 Å². The summed E-state index contributed by atoms with van der Waals surface area (Å²) in [7, 11) is 0. The maximum Gasteiger partial charge on any atom is 0.257 e. The van der Waals surface area contributed by atoms with Crippen LogP contribution in [0.1, 0.15) is 36.7 Å². The third kappa shape index (κ3) is 4.81. The Morgan fingerprint density at radius 1 is 1.30 bits per heavy atom. The molecular formula is C21H23IN2O3. The van der Waals surface area contributed by atoms with E-state index < -0.39 is 5.72 Å². The lowest BCUT2D eigenvalue weighted by Crippen LogP contribution is -2.47. The summed E-state index contributed by atoms with van der Waals surface area (Å²) in [5.74, 6) is 0.139. The largest absolute Gasteiger partial charge is 0.490 e. The van der Waals surface area contributed by atoms with Gasteiger partial charge in [-0.25, -0.2) is 0 Å². The standard InChI is InChI=1S/C21H23IN2O3/c1-13(2)27-19-9-8-15(22)10-17(19)20(25)24-21(3,26)11-14-12-23-18-7-5-4-6-16(14)18/h4-10,12-13,23,26H,11H2,1-3H3,(H,24,25)/t21-/m1/s1. The number of carbonyl (C=O) groups is 1. The molecule has 0 radical (unpaired) electrons. The van der Waals surface area contributed by atoms with Crippen molar-refractivity contribution in [3.8, 4) is 5.75 Å². The Morgan fingerprint density at radius 3 is 2.78 bits per heavy atom. The zero-order valence-electron chi connectivity index (χ0n) is 15.5. The molecule has 0 aliphatic heterocycles. The van der Waals surface area contributed by atoms with Gasteiger partial charge in [-0.2, -0.15) is 0 Å². The first-order valence-electron chi connectivity index (χ1n) is 8.81. The number of halogens is 1. The number of para-hydroxylation sites is 1. The molecule has 0 fully saturated rings. The quantitative estimate of drug-likeness (QED) is 0.367. The van der Waals surface area contributed by atoms with Crippen molar-refractivity contribution in [1.82, 2.24) is 10.3 Å². The number of hydrogen-bond acceptors (Lipinski definition) is 3. The Hall–Kier alpha value is -2.06. The number of nitrogens with one attached hydrogen (secondary N) is 2. The predicted octanol–water partition coefficient (Wildman–Crippen LogP) is 4.24. The van der Waals surface area contributed by atoms with Crippen molar-refractivity contribution in [1.29, 1.82) is 0 Å². The summed E-state index contributed by atoms with van der Waals surface area (Å²) in [6.07, 6.45) is 2.10. The van der Waals surface area contributed by atoms with E-state index in [1.54, 1.807) is 19.1 Å². The SMILES string of the molecule is CC(C)Oc1ccc(I)cc1C(=O)N[C@](C)(O)Cc1c[nH]c2ccccc12. The van der Waals surface area contributed by atoms with Crippen molar-refractivity contribution in [2.75, 3.05) is 0 Å². The number of aromatic amines is 1. The van der Waals surface area contributed by atoms with Crippen LogP contribution in [0.25, 0.3) is 10.9 Å². The van der Waals surface area contributed by atoms with Crippen LogP contribution < -0.4 is 10.1 Å². The molecule has 0 saturated heterocycles. The van der Waals surface area contributed by atoms with E-state index in [1.807, 2.05) is 50.4 Å². The topological polar surface area (TPSA) is 74.3 Å². The molecule has 5 nitrogen and oxygen atoms in total. The minimum atomic E-state index is -1.40. The van der Waals surface area contributed by atoms with Crippen LogP contribution in [-0.2, 0) is 6.42 Å². The summed E-state index contributed by atoms with van der Waals surface area (Å²) < 4.78 is 6.67. The van der Waals surface area contributed by atoms with Gasteiger partial charge in [0, 0.05) is 27.1 Å². The molecule has 0 saturated carbocycles. The summed E-state index contributed by atoms with van der Waals surface area (Å²) in [6.45, 7) is 5.42. The van der Waals surface area contributed by atoms with Crippen molar-refractivity contribution in [2.24, 2.45) is 0 Å². The van der Waals surface area contributed by atoms with Crippen LogP contribution in [0.15, 0.2) is 48.7 Å². The third-order valence-corrected chi connectivity index (χ3v) is 4.81. The minimum Gasteiger partial charge on any atom is -0.490 e. The fourth-order valence-corrected chi connectivity index (χ4v) is 3.53. The average molecular weight is 478 g/mol. The Morgan fingerprint density at radius 2 is 2.04 bits per heavy atom. The van der Waals surface area contributed by atoms with Crippen LogP contribution in [0, 0.1) is 3.57 Å². The third-order valence-electron chi connectivity index (χ3n) is 4.14. The fraction of sp³-hybridized carbons (Fsp3) is 0.286. The zero-order chi connectivity index (χ0) is 19.6. The predicted molar refractivity (Wildman–Crippen MR) is 115 cm³/mol. The van der Waals surface area contributed by atoms with Crippen molar-refractivity contribution in [2.45, 2.75) is 39.0 Å². The molecule has 1 heterocycles. The Balaban J connectivity index is 1.81. The highest BCUT2D eigenvalue weighted by Gasteiger charge is 2.27. The highest BCUT2D eigenvalue weighted by atomic mass is 127. The molecule has 0 aliphatic rings. The molecule has 3 aromatic rings. The monoisotopic (exact) mass is 478 g/mol. The van der Waals surface area contributed by atoms with Crippen LogP contribution in [0.4, 0.5) is 0 Å². The van der Waals surface area contributed by atoms with Crippen LogP contribution in [-0.4, -0.2) is 27.8 Å². The lowest BCUT2D eigenvalue weighted by molar-refractivity contribution is 0.0234. The second kappa shape index (κ2) is 7.90. The second-order valence-electron chi connectivity index (χ2n) is 7.07. The van der Waals surface area contributed by atoms with Gasteiger partial charge in [0.1, 0.15) is 11.5 Å². The van der Waals surface area contributed by atoms with E-state index >= 15 is 0 Å². The molecule has 3 rings (SSSR count). The maximum absolute atomic E-state index is 12.8. The van der Waals surface area contributed by atoms with E-state index in [4.69, 9.17) is 4.74 Å². The van der Waals surface area contributed by atoms with E-state index in [1.165, 1.54) is 0 Å². The van der Waals surface area contributed by atoms with E-state index in [-0.39, 0.29) is 18.4 Å².